The number of hydrogen-bond donors (Lipinski definition) is 1. The van der Waals surface area contributed by atoms with E-state index in [0.717, 1.165) is 10.6 Å². The summed E-state index contributed by atoms with van der Waals surface area (Å²) in [6.45, 7) is 4.19. The molecule has 0 saturated carbocycles. The van der Waals surface area contributed by atoms with Gasteiger partial charge in [-0.05, 0) is 37.6 Å². The van der Waals surface area contributed by atoms with Gasteiger partial charge >= 0.3 is 0 Å². The van der Waals surface area contributed by atoms with E-state index in [1.807, 2.05) is 18.2 Å². The third kappa shape index (κ3) is 2.76. The molecule has 0 heterocycles. The van der Waals surface area contributed by atoms with Crippen LogP contribution in [0.1, 0.15) is 11.1 Å². The van der Waals surface area contributed by atoms with Crippen LogP contribution in [0.25, 0.3) is 0 Å². The van der Waals surface area contributed by atoms with E-state index < -0.39 is 0 Å². The fourth-order valence-corrected chi connectivity index (χ4v) is 2.88. The summed E-state index contributed by atoms with van der Waals surface area (Å²) < 4.78 is 0. The molecule has 0 saturated heterocycles. The second-order valence-corrected chi connectivity index (χ2v) is 5.49. The smallest absolute Gasteiger partial charge is 0.0566 e. The summed E-state index contributed by atoms with van der Waals surface area (Å²) in [6.07, 6.45) is 0. The number of anilines is 1. The zero-order chi connectivity index (χ0) is 12.4. The van der Waals surface area contributed by atoms with Crippen LogP contribution in [-0.2, 0) is 0 Å². The summed E-state index contributed by atoms with van der Waals surface area (Å²) >= 11 is 7.78. The van der Waals surface area contributed by atoms with E-state index in [0.29, 0.717) is 5.02 Å². The van der Waals surface area contributed by atoms with Gasteiger partial charge in [0.2, 0.25) is 0 Å². The van der Waals surface area contributed by atoms with Gasteiger partial charge in [-0.1, -0.05) is 47.1 Å². The van der Waals surface area contributed by atoms with Crippen molar-refractivity contribution in [3.63, 3.8) is 0 Å². The lowest BCUT2D eigenvalue weighted by atomic mass is 10.2. The van der Waals surface area contributed by atoms with Gasteiger partial charge in [-0.2, -0.15) is 0 Å². The van der Waals surface area contributed by atoms with E-state index in [-0.39, 0.29) is 0 Å². The molecule has 17 heavy (non-hydrogen) atoms. The topological polar surface area (TPSA) is 26.0 Å². The largest absolute Gasteiger partial charge is 0.398 e. The zero-order valence-corrected chi connectivity index (χ0v) is 11.4. The van der Waals surface area contributed by atoms with Crippen molar-refractivity contribution < 1.29 is 0 Å². The highest BCUT2D eigenvalue weighted by Crippen LogP contribution is 2.38. The van der Waals surface area contributed by atoms with Gasteiger partial charge in [-0.25, -0.2) is 0 Å². The van der Waals surface area contributed by atoms with Crippen LogP contribution >= 0.6 is 23.4 Å². The van der Waals surface area contributed by atoms with Crippen molar-refractivity contribution in [1.29, 1.82) is 0 Å². The SMILES string of the molecule is Cc1ccc(Sc2c(N)cccc2Cl)c(C)c1. The molecular weight excluding hydrogens is 250 g/mol. The number of aryl methyl sites for hydroxylation is 2. The summed E-state index contributed by atoms with van der Waals surface area (Å²) in [4.78, 5) is 2.12. The van der Waals surface area contributed by atoms with Crippen LogP contribution < -0.4 is 5.73 Å². The Morgan fingerprint density at radius 3 is 2.53 bits per heavy atom. The number of hydrogen-bond acceptors (Lipinski definition) is 2. The van der Waals surface area contributed by atoms with E-state index >= 15 is 0 Å². The number of rotatable bonds is 2. The third-order valence-electron chi connectivity index (χ3n) is 2.54. The van der Waals surface area contributed by atoms with E-state index in [1.54, 1.807) is 11.8 Å². The molecular formula is C14H14ClNS. The van der Waals surface area contributed by atoms with Gasteiger partial charge < -0.3 is 5.73 Å². The van der Waals surface area contributed by atoms with Crippen LogP contribution in [0.3, 0.4) is 0 Å². The summed E-state index contributed by atoms with van der Waals surface area (Å²) in [7, 11) is 0. The first kappa shape index (κ1) is 12.3. The van der Waals surface area contributed by atoms with Crippen molar-refractivity contribution in [3.05, 3.63) is 52.5 Å². The lowest BCUT2D eigenvalue weighted by Gasteiger charge is -2.10. The van der Waals surface area contributed by atoms with Gasteiger partial charge in [-0.15, -0.1) is 0 Å². The molecule has 0 aliphatic carbocycles. The molecule has 88 valence electrons. The van der Waals surface area contributed by atoms with Crippen LogP contribution in [0.4, 0.5) is 5.69 Å². The highest BCUT2D eigenvalue weighted by atomic mass is 35.5. The van der Waals surface area contributed by atoms with Crippen LogP contribution in [0.5, 0.6) is 0 Å². The fourth-order valence-electron chi connectivity index (χ4n) is 1.66. The Morgan fingerprint density at radius 2 is 1.88 bits per heavy atom. The standard InChI is InChI=1S/C14H14ClNS/c1-9-6-7-13(10(2)8-9)17-14-11(15)4-3-5-12(14)16/h3-8H,16H2,1-2H3. The molecule has 0 fully saturated rings. The highest BCUT2D eigenvalue weighted by molar-refractivity contribution is 7.99. The second-order valence-electron chi connectivity index (χ2n) is 4.03. The number of benzene rings is 2. The molecule has 0 amide bonds. The fraction of sp³-hybridized carbons (Fsp3) is 0.143. The molecule has 0 atom stereocenters. The maximum atomic E-state index is 6.16. The monoisotopic (exact) mass is 263 g/mol. The summed E-state index contributed by atoms with van der Waals surface area (Å²) in [6, 6.07) is 12.0. The first-order chi connectivity index (χ1) is 8.08. The Morgan fingerprint density at radius 1 is 1.12 bits per heavy atom. The van der Waals surface area contributed by atoms with Crippen LogP contribution in [-0.4, -0.2) is 0 Å². The molecule has 0 aromatic heterocycles. The third-order valence-corrected chi connectivity index (χ3v) is 4.30. The molecule has 2 rings (SSSR count). The van der Waals surface area contributed by atoms with Crippen molar-refractivity contribution in [2.24, 2.45) is 0 Å². The molecule has 2 aromatic rings. The summed E-state index contributed by atoms with van der Waals surface area (Å²) in [5.74, 6) is 0. The molecule has 0 radical (unpaired) electrons. The lowest BCUT2D eigenvalue weighted by Crippen LogP contribution is -1.89. The van der Waals surface area contributed by atoms with Crippen LogP contribution in [0, 0.1) is 13.8 Å². The van der Waals surface area contributed by atoms with Crippen molar-refractivity contribution in [2.75, 3.05) is 5.73 Å². The predicted octanol–water partition coefficient (Wildman–Crippen LogP) is 4.69. The number of nitrogen functional groups attached to an aromatic ring is 1. The van der Waals surface area contributed by atoms with Gasteiger partial charge in [0, 0.05) is 10.6 Å². The number of halogens is 1. The van der Waals surface area contributed by atoms with E-state index in [1.165, 1.54) is 16.0 Å². The average Bonchev–Trinajstić information content (AvgIpc) is 2.26. The van der Waals surface area contributed by atoms with Gasteiger partial charge in [0.1, 0.15) is 0 Å². The van der Waals surface area contributed by atoms with Gasteiger partial charge in [-0.3, -0.25) is 0 Å². The van der Waals surface area contributed by atoms with Crippen molar-refractivity contribution >= 4 is 29.1 Å². The number of nitrogens with two attached hydrogens (primary N) is 1. The molecule has 3 heteroatoms. The van der Waals surface area contributed by atoms with E-state index in [9.17, 15) is 0 Å². The maximum absolute atomic E-state index is 6.16. The first-order valence-electron chi connectivity index (χ1n) is 5.37. The minimum atomic E-state index is 0.704. The second kappa shape index (κ2) is 5.03. The zero-order valence-electron chi connectivity index (χ0n) is 9.83. The summed E-state index contributed by atoms with van der Waals surface area (Å²) in [5.41, 5.74) is 9.18. The maximum Gasteiger partial charge on any atom is 0.0566 e. The Kier molecular flexibility index (Phi) is 3.65. The lowest BCUT2D eigenvalue weighted by molar-refractivity contribution is 1.26. The Bertz CT molecular complexity index is 532. The van der Waals surface area contributed by atoms with Crippen molar-refractivity contribution in [2.45, 2.75) is 23.6 Å². The average molecular weight is 264 g/mol. The van der Waals surface area contributed by atoms with Gasteiger partial charge in [0.15, 0.2) is 0 Å². The van der Waals surface area contributed by atoms with Crippen molar-refractivity contribution in [3.8, 4) is 0 Å². The molecule has 0 aliphatic rings. The first-order valence-corrected chi connectivity index (χ1v) is 6.56. The molecule has 2 N–H and O–H groups in total. The van der Waals surface area contributed by atoms with Crippen LogP contribution in [0.2, 0.25) is 5.02 Å². The Balaban J connectivity index is 2.38. The van der Waals surface area contributed by atoms with Gasteiger partial charge in [0.05, 0.1) is 9.92 Å². The Hall–Kier alpha value is -1.12. The quantitative estimate of drug-likeness (QED) is 0.796. The minimum Gasteiger partial charge on any atom is -0.398 e. The van der Waals surface area contributed by atoms with Crippen LogP contribution in [0.15, 0.2) is 46.2 Å². The van der Waals surface area contributed by atoms with Gasteiger partial charge in [0.25, 0.3) is 0 Å². The Labute approximate surface area is 111 Å². The molecule has 0 aliphatic heterocycles. The minimum absolute atomic E-state index is 0.704. The normalized spacial score (nSPS) is 10.5. The van der Waals surface area contributed by atoms with E-state index in [4.69, 9.17) is 17.3 Å². The molecule has 2 aromatic carbocycles. The summed E-state index contributed by atoms with van der Waals surface area (Å²) in [5, 5.41) is 0.704. The molecule has 1 nitrogen and oxygen atoms in total. The molecule has 0 spiro atoms. The molecule has 0 bridgehead atoms. The van der Waals surface area contributed by atoms with E-state index in [2.05, 4.69) is 32.0 Å². The predicted molar refractivity (Wildman–Crippen MR) is 75.9 cm³/mol. The molecule has 0 unspecified atom stereocenters. The highest BCUT2D eigenvalue weighted by Gasteiger charge is 2.08. The van der Waals surface area contributed by atoms with Crippen molar-refractivity contribution in [1.82, 2.24) is 0 Å².